The third kappa shape index (κ3) is 3.49. The SMILES string of the molecule is COc1ccc2c(c1)CCCCN2C(=O)[C@H]1CCCCC(=O)N1. The molecule has 1 aromatic carbocycles. The minimum atomic E-state index is -0.391. The fourth-order valence-corrected chi connectivity index (χ4v) is 3.43. The van der Waals surface area contributed by atoms with Gasteiger partial charge in [0.1, 0.15) is 11.8 Å². The van der Waals surface area contributed by atoms with Crippen molar-refractivity contribution < 1.29 is 14.3 Å². The average molecular weight is 316 g/mol. The summed E-state index contributed by atoms with van der Waals surface area (Å²) in [7, 11) is 1.66. The second kappa shape index (κ2) is 7.02. The Labute approximate surface area is 137 Å². The first-order valence-electron chi connectivity index (χ1n) is 8.46. The lowest BCUT2D eigenvalue weighted by molar-refractivity contribution is -0.127. The number of hydrogen-bond donors (Lipinski definition) is 1. The van der Waals surface area contributed by atoms with Crippen LogP contribution < -0.4 is 15.0 Å². The Morgan fingerprint density at radius 3 is 2.87 bits per heavy atom. The van der Waals surface area contributed by atoms with Gasteiger partial charge in [-0.05, 0) is 55.9 Å². The third-order valence-electron chi connectivity index (χ3n) is 4.70. The van der Waals surface area contributed by atoms with Crippen LogP contribution in [0.5, 0.6) is 5.75 Å². The van der Waals surface area contributed by atoms with Gasteiger partial charge in [0, 0.05) is 18.7 Å². The highest BCUT2D eigenvalue weighted by atomic mass is 16.5. The minimum absolute atomic E-state index is 0.00868. The molecular formula is C18H24N2O3. The molecule has 0 unspecified atom stereocenters. The van der Waals surface area contributed by atoms with E-state index in [2.05, 4.69) is 5.32 Å². The predicted octanol–water partition coefficient (Wildman–Crippen LogP) is 2.42. The molecule has 0 saturated carbocycles. The van der Waals surface area contributed by atoms with Crippen LogP contribution in [0.25, 0.3) is 0 Å². The molecule has 0 aliphatic carbocycles. The zero-order valence-electron chi connectivity index (χ0n) is 13.6. The topological polar surface area (TPSA) is 58.6 Å². The fourth-order valence-electron chi connectivity index (χ4n) is 3.43. The van der Waals surface area contributed by atoms with E-state index in [-0.39, 0.29) is 11.8 Å². The Morgan fingerprint density at radius 2 is 2.04 bits per heavy atom. The van der Waals surface area contributed by atoms with Gasteiger partial charge in [0.25, 0.3) is 0 Å². The van der Waals surface area contributed by atoms with Gasteiger partial charge in [-0.3, -0.25) is 9.59 Å². The van der Waals surface area contributed by atoms with Crippen molar-refractivity contribution in [3.63, 3.8) is 0 Å². The van der Waals surface area contributed by atoms with E-state index in [1.165, 1.54) is 0 Å². The molecule has 23 heavy (non-hydrogen) atoms. The molecule has 3 rings (SSSR count). The molecule has 1 fully saturated rings. The molecule has 124 valence electrons. The predicted molar refractivity (Wildman–Crippen MR) is 88.7 cm³/mol. The molecule has 0 radical (unpaired) electrons. The van der Waals surface area contributed by atoms with Gasteiger partial charge >= 0.3 is 0 Å². The lowest BCUT2D eigenvalue weighted by atomic mass is 10.1. The number of amides is 2. The smallest absolute Gasteiger partial charge is 0.249 e. The highest BCUT2D eigenvalue weighted by Crippen LogP contribution is 2.30. The van der Waals surface area contributed by atoms with Crippen LogP contribution in [-0.2, 0) is 16.0 Å². The minimum Gasteiger partial charge on any atom is -0.497 e. The number of nitrogens with one attached hydrogen (secondary N) is 1. The van der Waals surface area contributed by atoms with E-state index in [0.717, 1.165) is 55.5 Å². The van der Waals surface area contributed by atoms with Gasteiger partial charge in [0.05, 0.1) is 7.11 Å². The molecule has 1 aromatic rings. The van der Waals surface area contributed by atoms with E-state index in [1.54, 1.807) is 7.11 Å². The number of nitrogens with zero attached hydrogens (tertiary/aromatic N) is 1. The van der Waals surface area contributed by atoms with Crippen molar-refractivity contribution in [3.05, 3.63) is 23.8 Å². The van der Waals surface area contributed by atoms with Gasteiger partial charge in [-0.25, -0.2) is 0 Å². The van der Waals surface area contributed by atoms with Crippen LogP contribution in [0.4, 0.5) is 5.69 Å². The molecule has 2 heterocycles. The largest absolute Gasteiger partial charge is 0.497 e. The molecular weight excluding hydrogens is 292 g/mol. The summed E-state index contributed by atoms with van der Waals surface area (Å²) in [5.74, 6) is 0.833. The van der Waals surface area contributed by atoms with Crippen LogP contribution in [0.1, 0.15) is 44.1 Å². The molecule has 0 aromatic heterocycles. The summed E-state index contributed by atoms with van der Waals surface area (Å²) in [5, 5.41) is 2.89. The number of benzene rings is 1. The van der Waals surface area contributed by atoms with Crippen LogP contribution >= 0.6 is 0 Å². The molecule has 1 N–H and O–H groups in total. The first-order valence-corrected chi connectivity index (χ1v) is 8.46. The van der Waals surface area contributed by atoms with Crippen LogP contribution in [-0.4, -0.2) is 31.5 Å². The number of fused-ring (bicyclic) bond motifs is 1. The summed E-state index contributed by atoms with van der Waals surface area (Å²) < 4.78 is 5.30. The van der Waals surface area contributed by atoms with E-state index in [0.29, 0.717) is 13.0 Å². The van der Waals surface area contributed by atoms with E-state index in [4.69, 9.17) is 4.74 Å². The van der Waals surface area contributed by atoms with Crippen LogP contribution in [0.3, 0.4) is 0 Å². The summed E-state index contributed by atoms with van der Waals surface area (Å²) in [4.78, 5) is 26.6. The molecule has 1 saturated heterocycles. The van der Waals surface area contributed by atoms with Gasteiger partial charge in [0.15, 0.2) is 0 Å². The molecule has 5 heteroatoms. The van der Waals surface area contributed by atoms with Crippen molar-refractivity contribution in [2.24, 2.45) is 0 Å². The number of carbonyl (C=O) groups is 2. The Kier molecular flexibility index (Phi) is 4.84. The quantitative estimate of drug-likeness (QED) is 0.911. The summed E-state index contributed by atoms with van der Waals surface area (Å²) in [6.45, 7) is 0.713. The van der Waals surface area contributed by atoms with Crippen LogP contribution in [0.2, 0.25) is 0 Å². The van der Waals surface area contributed by atoms with Gasteiger partial charge in [-0.15, -0.1) is 0 Å². The zero-order valence-corrected chi connectivity index (χ0v) is 13.6. The Bertz CT molecular complexity index is 600. The fraction of sp³-hybridized carbons (Fsp3) is 0.556. The van der Waals surface area contributed by atoms with Gasteiger partial charge in [0.2, 0.25) is 11.8 Å². The second-order valence-corrected chi connectivity index (χ2v) is 6.31. The third-order valence-corrected chi connectivity index (χ3v) is 4.70. The molecule has 1 atom stereocenters. The number of carbonyl (C=O) groups excluding carboxylic acids is 2. The summed E-state index contributed by atoms with van der Waals surface area (Å²) in [5.41, 5.74) is 2.11. The number of rotatable bonds is 2. The maximum absolute atomic E-state index is 13.0. The van der Waals surface area contributed by atoms with Crippen molar-refractivity contribution in [3.8, 4) is 5.75 Å². The lowest BCUT2D eigenvalue weighted by Crippen LogP contribution is -2.48. The van der Waals surface area contributed by atoms with Crippen LogP contribution in [0, 0.1) is 0 Å². The van der Waals surface area contributed by atoms with Gasteiger partial charge in [-0.2, -0.15) is 0 Å². The highest BCUT2D eigenvalue weighted by Gasteiger charge is 2.30. The second-order valence-electron chi connectivity index (χ2n) is 6.31. The molecule has 0 spiro atoms. The number of anilines is 1. The maximum atomic E-state index is 13.0. The first-order chi connectivity index (χ1) is 11.2. The van der Waals surface area contributed by atoms with E-state index >= 15 is 0 Å². The molecule has 5 nitrogen and oxygen atoms in total. The zero-order chi connectivity index (χ0) is 16.2. The molecule has 2 aliphatic rings. The van der Waals surface area contributed by atoms with Crippen molar-refractivity contribution in [1.29, 1.82) is 0 Å². The van der Waals surface area contributed by atoms with Crippen molar-refractivity contribution in [1.82, 2.24) is 5.32 Å². The van der Waals surface area contributed by atoms with Crippen molar-refractivity contribution >= 4 is 17.5 Å². The van der Waals surface area contributed by atoms with E-state index in [9.17, 15) is 9.59 Å². The average Bonchev–Trinajstić information content (AvgIpc) is 2.91. The van der Waals surface area contributed by atoms with E-state index in [1.807, 2.05) is 23.1 Å². The standard InChI is InChI=1S/C18H24N2O3/c1-23-14-9-10-16-13(12-14)6-4-5-11-20(16)18(22)15-7-2-3-8-17(21)19-15/h9-10,12,15H,2-8,11H2,1H3,(H,19,21)/t15-/m1/s1. The van der Waals surface area contributed by atoms with Gasteiger partial charge < -0.3 is 15.0 Å². The Balaban J connectivity index is 1.87. The summed E-state index contributed by atoms with van der Waals surface area (Å²) in [6, 6.07) is 5.50. The first kappa shape index (κ1) is 15.8. The maximum Gasteiger partial charge on any atom is 0.249 e. The lowest BCUT2D eigenvalue weighted by Gasteiger charge is -2.27. The number of aryl methyl sites for hydroxylation is 1. The molecule has 2 aliphatic heterocycles. The van der Waals surface area contributed by atoms with E-state index < -0.39 is 6.04 Å². The normalized spacial score (nSPS) is 21.7. The Morgan fingerprint density at radius 1 is 1.22 bits per heavy atom. The summed E-state index contributed by atoms with van der Waals surface area (Å²) in [6.07, 6.45) is 6.02. The van der Waals surface area contributed by atoms with Gasteiger partial charge in [-0.1, -0.05) is 6.42 Å². The van der Waals surface area contributed by atoms with Crippen molar-refractivity contribution in [2.75, 3.05) is 18.6 Å². The molecule has 2 amide bonds. The highest BCUT2D eigenvalue weighted by molar-refractivity contribution is 6.00. The number of ether oxygens (including phenoxy) is 1. The Hall–Kier alpha value is -2.04. The number of methoxy groups -OCH3 is 1. The van der Waals surface area contributed by atoms with Crippen molar-refractivity contribution in [2.45, 2.75) is 51.0 Å². The summed E-state index contributed by atoms with van der Waals surface area (Å²) >= 11 is 0. The number of hydrogen-bond acceptors (Lipinski definition) is 3. The monoisotopic (exact) mass is 316 g/mol. The molecule has 0 bridgehead atoms. The van der Waals surface area contributed by atoms with Crippen LogP contribution in [0.15, 0.2) is 18.2 Å².